The Bertz CT molecular complexity index is 961. The third kappa shape index (κ3) is 4.45. The largest absolute Gasteiger partial charge is 0.467 e. The first kappa shape index (κ1) is 19.9. The van der Waals surface area contributed by atoms with Crippen molar-refractivity contribution >= 4 is 11.8 Å². The molecule has 1 aromatic carbocycles. The van der Waals surface area contributed by atoms with Crippen molar-refractivity contribution in [2.75, 3.05) is 0 Å². The summed E-state index contributed by atoms with van der Waals surface area (Å²) in [5.41, 5.74) is 0.682. The Labute approximate surface area is 173 Å². The van der Waals surface area contributed by atoms with E-state index in [2.05, 4.69) is 5.32 Å². The summed E-state index contributed by atoms with van der Waals surface area (Å²) in [5, 5.41) is 3.06. The molecule has 6 nitrogen and oxygen atoms in total. The van der Waals surface area contributed by atoms with E-state index in [9.17, 15) is 14.0 Å². The highest BCUT2D eigenvalue weighted by Crippen LogP contribution is 2.28. The van der Waals surface area contributed by atoms with Gasteiger partial charge in [-0.3, -0.25) is 9.59 Å². The van der Waals surface area contributed by atoms with Crippen LogP contribution in [0.2, 0.25) is 0 Å². The molecule has 1 fully saturated rings. The van der Waals surface area contributed by atoms with Gasteiger partial charge in [-0.15, -0.1) is 0 Å². The summed E-state index contributed by atoms with van der Waals surface area (Å²) >= 11 is 0. The number of nitrogens with one attached hydrogen (secondary N) is 1. The Kier molecular flexibility index (Phi) is 5.97. The van der Waals surface area contributed by atoms with E-state index in [0.29, 0.717) is 11.3 Å². The van der Waals surface area contributed by atoms with Crippen LogP contribution in [0.1, 0.15) is 53.6 Å². The molecule has 0 spiro atoms. The van der Waals surface area contributed by atoms with Gasteiger partial charge in [-0.1, -0.05) is 25.0 Å². The number of benzene rings is 1. The van der Waals surface area contributed by atoms with Crippen LogP contribution < -0.4 is 5.32 Å². The summed E-state index contributed by atoms with van der Waals surface area (Å²) in [7, 11) is 0. The predicted octanol–water partition coefficient (Wildman–Crippen LogP) is 4.45. The summed E-state index contributed by atoms with van der Waals surface area (Å²) in [4.78, 5) is 28.0. The summed E-state index contributed by atoms with van der Waals surface area (Å²) in [6.45, 7) is 0.0866. The minimum Gasteiger partial charge on any atom is -0.467 e. The van der Waals surface area contributed by atoms with Gasteiger partial charge in [0.25, 0.3) is 11.8 Å². The van der Waals surface area contributed by atoms with Crippen LogP contribution in [0.25, 0.3) is 0 Å². The molecule has 2 heterocycles. The number of carbonyl (C=O) groups is 2. The first-order valence-corrected chi connectivity index (χ1v) is 10.0. The summed E-state index contributed by atoms with van der Waals surface area (Å²) in [5.74, 6) is -0.662. The van der Waals surface area contributed by atoms with Gasteiger partial charge in [0.15, 0.2) is 11.8 Å². The standard InChI is InChI=1S/C23H23FN2O4/c24-17-11-9-16(10-12-17)15-26(23(28)20-8-4-14-30-20)21(19-7-3-13-29-19)22(27)25-18-5-1-2-6-18/h3-4,7-14,18,21H,1-2,5-6,15H2,(H,25,27)/t21-/m0/s1. The van der Waals surface area contributed by atoms with Gasteiger partial charge in [-0.2, -0.15) is 0 Å². The van der Waals surface area contributed by atoms with Crippen LogP contribution in [0.5, 0.6) is 0 Å². The Morgan fingerprint density at radius 2 is 1.73 bits per heavy atom. The predicted molar refractivity (Wildman–Crippen MR) is 107 cm³/mol. The van der Waals surface area contributed by atoms with E-state index >= 15 is 0 Å². The average molecular weight is 410 g/mol. The number of rotatable bonds is 7. The van der Waals surface area contributed by atoms with Crippen LogP contribution >= 0.6 is 0 Å². The van der Waals surface area contributed by atoms with E-state index in [1.54, 1.807) is 36.4 Å². The van der Waals surface area contributed by atoms with Gasteiger partial charge in [0.1, 0.15) is 11.6 Å². The fourth-order valence-electron chi connectivity index (χ4n) is 3.83. The van der Waals surface area contributed by atoms with E-state index < -0.39 is 11.9 Å². The maximum absolute atomic E-state index is 13.4. The number of hydrogen-bond donors (Lipinski definition) is 1. The third-order valence-electron chi connectivity index (χ3n) is 5.33. The quantitative estimate of drug-likeness (QED) is 0.624. The molecule has 4 rings (SSSR count). The van der Waals surface area contributed by atoms with Crippen LogP contribution in [0, 0.1) is 5.82 Å². The topological polar surface area (TPSA) is 75.7 Å². The van der Waals surface area contributed by atoms with Crippen molar-refractivity contribution in [1.82, 2.24) is 10.2 Å². The lowest BCUT2D eigenvalue weighted by Gasteiger charge is -2.30. The molecule has 1 aliphatic carbocycles. The summed E-state index contributed by atoms with van der Waals surface area (Å²) in [6.07, 6.45) is 6.85. The van der Waals surface area contributed by atoms with Gasteiger partial charge in [0, 0.05) is 12.6 Å². The lowest BCUT2D eigenvalue weighted by Crippen LogP contribution is -2.45. The normalized spacial score (nSPS) is 15.1. The molecular weight excluding hydrogens is 387 g/mol. The molecule has 1 saturated carbocycles. The molecule has 30 heavy (non-hydrogen) atoms. The molecule has 0 unspecified atom stereocenters. The number of furan rings is 2. The SMILES string of the molecule is O=C(NC1CCCC1)[C@H](c1ccco1)N(Cc1ccc(F)cc1)C(=O)c1ccco1. The summed E-state index contributed by atoms with van der Waals surface area (Å²) < 4.78 is 24.2. The number of halogens is 1. The highest BCUT2D eigenvalue weighted by atomic mass is 19.1. The first-order chi connectivity index (χ1) is 14.6. The molecule has 7 heteroatoms. The molecule has 0 radical (unpaired) electrons. The molecule has 2 aromatic heterocycles. The number of amides is 2. The van der Waals surface area contributed by atoms with Gasteiger partial charge in [-0.05, 0) is 54.8 Å². The van der Waals surface area contributed by atoms with Crippen molar-refractivity contribution in [3.63, 3.8) is 0 Å². The average Bonchev–Trinajstić information content (AvgIpc) is 3.52. The van der Waals surface area contributed by atoms with Gasteiger partial charge in [-0.25, -0.2) is 4.39 Å². The van der Waals surface area contributed by atoms with Gasteiger partial charge >= 0.3 is 0 Å². The van der Waals surface area contributed by atoms with Crippen LogP contribution in [0.4, 0.5) is 4.39 Å². The molecule has 3 aromatic rings. The van der Waals surface area contributed by atoms with Crippen molar-refractivity contribution in [2.45, 2.75) is 44.3 Å². The molecule has 0 bridgehead atoms. The van der Waals surface area contributed by atoms with Crippen LogP contribution in [0.15, 0.2) is 69.9 Å². The maximum atomic E-state index is 13.4. The number of carbonyl (C=O) groups excluding carboxylic acids is 2. The van der Waals surface area contributed by atoms with Gasteiger partial charge < -0.3 is 19.1 Å². The maximum Gasteiger partial charge on any atom is 0.290 e. The Morgan fingerprint density at radius 1 is 1.03 bits per heavy atom. The van der Waals surface area contributed by atoms with E-state index in [-0.39, 0.29) is 30.1 Å². The molecule has 156 valence electrons. The van der Waals surface area contributed by atoms with E-state index in [1.165, 1.54) is 29.6 Å². The second-order valence-corrected chi connectivity index (χ2v) is 7.44. The summed E-state index contributed by atoms with van der Waals surface area (Å²) in [6, 6.07) is 11.4. The van der Waals surface area contributed by atoms with E-state index in [1.807, 2.05) is 0 Å². The second-order valence-electron chi connectivity index (χ2n) is 7.44. The Morgan fingerprint density at radius 3 is 2.37 bits per heavy atom. The minimum atomic E-state index is -0.983. The van der Waals surface area contributed by atoms with Crippen LogP contribution in [-0.4, -0.2) is 22.8 Å². The zero-order valence-electron chi connectivity index (χ0n) is 16.4. The smallest absolute Gasteiger partial charge is 0.290 e. The molecule has 1 atom stereocenters. The number of hydrogen-bond acceptors (Lipinski definition) is 4. The van der Waals surface area contributed by atoms with E-state index in [0.717, 1.165) is 25.7 Å². The molecule has 2 amide bonds. The molecule has 1 N–H and O–H groups in total. The molecule has 1 aliphatic rings. The molecule has 0 aliphatic heterocycles. The monoisotopic (exact) mass is 410 g/mol. The molecular formula is C23H23FN2O4. The Hall–Kier alpha value is -3.35. The zero-order valence-corrected chi connectivity index (χ0v) is 16.4. The van der Waals surface area contributed by atoms with Crippen LogP contribution in [0.3, 0.4) is 0 Å². The van der Waals surface area contributed by atoms with Gasteiger partial charge in [0.2, 0.25) is 0 Å². The lowest BCUT2D eigenvalue weighted by atomic mass is 10.1. The van der Waals surface area contributed by atoms with Crippen molar-refractivity contribution < 1.29 is 22.8 Å². The molecule has 0 saturated heterocycles. The fourth-order valence-corrected chi connectivity index (χ4v) is 3.83. The fraction of sp³-hybridized carbons (Fsp3) is 0.304. The highest BCUT2D eigenvalue weighted by Gasteiger charge is 2.36. The minimum absolute atomic E-state index is 0.0846. The number of nitrogens with zero attached hydrogens (tertiary/aromatic N) is 1. The van der Waals surface area contributed by atoms with E-state index in [4.69, 9.17) is 8.83 Å². The van der Waals surface area contributed by atoms with Crippen molar-refractivity contribution in [1.29, 1.82) is 0 Å². The van der Waals surface area contributed by atoms with Crippen molar-refractivity contribution in [3.05, 3.63) is 84.0 Å². The zero-order chi connectivity index (χ0) is 20.9. The van der Waals surface area contributed by atoms with Crippen molar-refractivity contribution in [2.24, 2.45) is 0 Å². The first-order valence-electron chi connectivity index (χ1n) is 10.0. The van der Waals surface area contributed by atoms with Crippen LogP contribution in [-0.2, 0) is 11.3 Å². The third-order valence-corrected chi connectivity index (χ3v) is 5.33. The highest BCUT2D eigenvalue weighted by molar-refractivity contribution is 5.95. The van der Waals surface area contributed by atoms with Crippen molar-refractivity contribution in [3.8, 4) is 0 Å². The second kappa shape index (κ2) is 8.98. The lowest BCUT2D eigenvalue weighted by molar-refractivity contribution is -0.127. The van der Waals surface area contributed by atoms with Gasteiger partial charge in [0.05, 0.1) is 12.5 Å². The Balaban J connectivity index is 1.68.